The smallest absolute Gasteiger partial charge is 0.242 e. The second-order valence-corrected chi connectivity index (χ2v) is 11.1. The SMILES string of the molecule is COc1cc(CC(=O)N(C)[C@@](C)(c2ccccc2)N2CC[C@H](O)C2)c(S(=O)(=O)N(C)C)cc1OC. The zero-order chi connectivity index (χ0) is 26.0. The van der Waals surface area contributed by atoms with Crippen LogP contribution in [0.25, 0.3) is 0 Å². The normalized spacial score (nSPS) is 18.3. The number of benzene rings is 2. The van der Waals surface area contributed by atoms with E-state index in [1.165, 1.54) is 34.4 Å². The minimum absolute atomic E-state index is 0.0140. The number of hydrogen-bond acceptors (Lipinski definition) is 7. The second-order valence-electron chi connectivity index (χ2n) is 9.01. The number of nitrogens with zero attached hydrogens (tertiary/aromatic N) is 3. The first-order valence-electron chi connectivity index (χ1n) is 11.4. The number of amides is 1. The predicted molar refractivity (Wildman–Crippen MR) is 133 cm³/mol. The molecule has 0 radical (unpaired) electrons. The van der Waals surface area contributed by atoms with Crippen molar-refractivity contribution < 1.29 is 27.8 Å². The third kappa shape index (κ3) is 5.16. The van der Waals surface area contributed by atoms with Gasteiger partial charge in [0.15, 0.2) is 11.5 Å². The highest BCUT2D eigenvalue weighted by Gasteiger charge is 2.43. The standard InChI is InChI=1S/C25H35N3O6S/c1-25(19-10-8-7-9-11-19,28-13-12-20(29)17-28)27(4)24(30)15-18-14-21(33-5)22(34-6)16-23(18)35(31,32)26(2)3/h7-11,14,16,20,29H,12-13,15,17H2,1-6H3/t20-,25+/m0/s1. The third-order valence-electron chi connectivity index (χ3n) is 6.79. The number of likely N-dealkylation sites (N-methyl/N-ethyl adjacent to an activating group) is 1. The summed E-state index contributed by atoms with van der Waals surface area (Å²) in [7, 11) is 3.61. The molecule has 1 aliphatic heterocycles. The number of methoxy groups -OCH3 is 2. The molecule has 3 rings (SSSR count). The van der Waals surface area contributed by atoms with Crippen molar-refractivity contribution in [2.75, 3.05) is 48.5 Å². The van der Waals surface area contributed by atoms with Crippen LogP contribution in [0.2, 0.25) is 0 Å². The molecule has 0 bridgehead atoms. The number of aliphatic hydroxyl groups excluding tert-OH is 1. The lowest BCUT2D eigenvalue weighted by molar-refractivity contribution is -0.143. The molecule has 10 heteroatoms. The van der Waals surface area contributed by atoms with E-state index in [4.69, 9.17) is 9.47 Å². The highest BCUT2D eigenvalue weighted by molar-refractivity contribution is 7.89. The summed E-state index contributed by atoms with van der Waals surface area (Å²) >= 11 is 0. The van der Waals surface area contributed by atoms with Gasteiger partial charge in [-0.1, -0.05) is 30.3 Å². The van der Waals surface area contributed by atoms with E-state index in [0.29, 0.717) is 30.8 Å². The molecule has 1 heterocycles. The molecule has 0 unspecified atom stereocenters. The zero-order valence-corrected chi connectivity index (χ0v) is 22.0. The number of carbonyl (C=O) groups is 1. The van der Waals surface area contributed by atoms with Crippen LogP contribution in [0.1, 0.15) is 24.5 Å². The van der Waals surface area contributed by atoms with Gasteiger partial charge in [0.2, 0.25) is 15.9 Å². The summed E-state index contributed by atoms with van der Waals surface area (Å²) in [4.78, 5) is 17.4. The maximum atomic E-state index is 13.7. The molecule has 2 aromatic rings. The number of rotatable bonds is 9. The summed E-state index contributed by atoms with van der Waals surface area (Å²) in [6.07, 6.45) is -0.0205. The molecular weight excluding hydrogens is 470 g/mol. The topological polar surface area (TPSA) is 99.6 Å². The number of hydrogen-bond donors (Lipinski definition) is 1. The van der Waals surface area contributed by atoms with Crippen LogP contribution in [-0.2, 0) is 26.9 Å². The average molecular weight is 506 g/mol. The highest BCUT2D eigenvalue weighted by Crippen LogP contribution is 2.37. The minimum Gasteiger partial charge on any atom is -0.493 e. The van der Waals surface area contributed by atoms with Gasteiger partial charge in [-0.2, -0.15) is 0 Å². The first-order valence-corrected chi connectivity index (χ1v) is 12.8. The summed E-state index contributed by atoms with van der Waals surface area (Å²) in [5.41, 5.74) is 0.371. The van der Waals surface area contributed by atoms with Crippen molar-refractivity contribution in [2.24, 2.45) is 0 Å². The summed E-state index contributed by atoms with van der Waals surface area (Å²) in [6.45, 7) is 3.00. The van der Waals surface area contributed by atoms with Crippen LogP contribution < -0.4 is 9.47 Å². The molecule has 0 aliphatic carbocycles. The fourth-order valence-electron chi connectivity index (χ4n) is 4.48. The van der Waals surface area contributed by atoms with Crippen molar-refractivity contribution in [1.82, 2.24) is 14.1 Å². The van der Waals surface area contributed by atoms with Crippen LogP contribution in [0.4, 0.5) is 0 Å². The van der Waals surface area contributed by atoms with E-state index in [-0.39, 0.29) is 23.0 Å². The third-order valence-corrected chi connectivity index (χ3v) is 8.69. The number of aliphatic hydroxyl groups is 1. The summed E-state index contributed by atoms with van der Waals surface area (Å²) in [5.74, 6) is 0.321. The van der Waals surface area contributed by atoms with E-state index in [9.17, 15) is 18.3 Å². The van der Waals surface area contributed by atoms with Gasteiger partial charge < -0.3 is 19.5 Å². The van der Waals surface area contributed by atoms with E-state index in [1.54, 1.807) is 18.0 Å². The molecule has 9 nitrogen and oxygen atoms in total. The first-order chi connectivity index (χ1) is 16.5. The Kier molecular flexibility index (Phi) is 8.10. The van der Waals surface area contributed by atoms with Crippen LogP contribution in [0.15, 0.2) is 47.4 Å². The Morgan fingerprint density at radius 1 is 1.11 bits per heavy atom. The van der Waals surface area contributed by atoms with Crippen LogP contribution in [-0.4, -0.2) is 88.1 Å². The molecule has 192 valence electrons. The maximum Gasteiger partial charge on any atom is 0.242 e. The fraction of sp³-hybridized carbons (Fsp3) is 0.480. The molecule has 2 atom stereocenters. The van der Waals surface area contributed by atoms with Crippen LogP contribution >= 0.6 is 0 Å². The quantitative estimate of drug-likeness (QED) is 0.556. The van der Waals surface area contributed by atoms with Crippen molar-refractivity contribution in [2.45, 2.75) is 36.4 Å². The van der Waals surface area contributed by atoms with Crippen LogP contribution in [0.5, 0.6) is 11.5 Å². The maximum absolute atomic E-state index is 13.7. The summed E-state index contributed by atoms with van der Waals surface area (Å²) in [5, 5.41) is 10.2. The molecule has 1 fully saturated rings. The first kappa shape index (κ1) is 26.9. The Morgan fingerprint density at radius 2 is 1.71 bits per heavy atom. The van der Waals surface area contributed by atoms with Gasteiger partial charge in [-0.25, -0.2) is 12.7 Å². The van der Waals surface area contributed by atoms with E-state index >= 15 is 0 Å². The van der Waals surface area contributed by atoms with Gasteiger partial charge in [0.1, 0.15) is 5.66 Å². The van der Waals surface area contributed by atoms with Crippen molar-refractivity contribution >= 4 is 15.9 Å². The Morgan fingerprint density at radius 3 is 2.23 bits per heavy atom. The molecule has 1 saturated heterocycles. The lowest BCUT2D eigenvalue weighted by Crippen LogP contribution is -2.56. The van der Waals surface area contributed by atoms with Gasteiger partial charge in [-0.3, -0.25) is 9.69 Å². The van der Waals surface area contributed by atoms with E-state index in [1.807, 2.05) is 37.3 Å². The Hall–Kier alpha value is -2.66. The lowest BCUT2D eigenvalue weighted by Gasteiger charge is -2.46. The molecule has 0 aromatic heterocycles. The highest BCUT2D eigenvalue weighted by atomic mass is 32.2. The van der Waals surface area contributed by atoms with Gasteiger partial charge >= 0.3 is 0 Å². The molecule has 35 heavy (non-hydrogen) atoms. The van der Waals surface area contributed by atoms with E-state index in [0.717, 1.165) is 9.87 Å². The second kappa shape index (κ2) is 10.5. The molecular formula is C25H35N3O6S. The van der Waals surface area contributed by atoms with Gasteiger partial charge in [-0.05, 0) is 30.5 Å². The fourth-order valence-corrected chi connectivity index (χ4v) is 5.59. The van der Waals surface area contributed by atoms with Gasteiger partial charge in [0, 0.05) is 40.3 Å². The van der Waals surface area contributed by atoms with Crippen LogP contribution in [0.3, 0.4) is 0 Å². The summed E-state index contributed by atoms with van der Waals surface area (Å²) in [6, 6.07) is 12.6. The van der Waals surface area contributed by atoms with Crippen molar-refractivity contribution in [3.8, 4) is 11.5 Å². The molecule has 1 aliphatic rings. The average Bonchev–Trinajstić information content (AvgIpc) is 3.29. The number of ether oxygens (including phenoxy) is 2. The molecule has 1 amide bonds. The largest absolute Gasteiger partial charge is 0.493 e. The number of β-amino-alcohol motifs (C(OH)–C–C–N with tert-alkyl or cyclic N) is 1. The van der Waals surface area contributed by atoms with E-state index in [2.05, 4.69) is 4.90 Å². The number of likely N-dealkylation sites (tertiary alicyclic amines) is 1. The number of carbonyl (C=O) groups excluding carboxylic acids is 1. The van der Waals surface area contributed by atoms with E-state index < -0.39 is 21.8 Å². The number of sulfonamides is 1. The molecule has 0 spiro atoms. The summed E-state index contributed by atoms with van der Waals surface area (Å²) < 4.78 is 38.0. The Bertz CT molecular complexity index is 1160. The zero-order valence-electron chi connectivity index (χ0n) is 21.2. The Labute approximate surface area is 207 Å². The van der Waals surface area contributed by atoms with Crippen molar-refractivity contribution in [3.05, 3.63) is 53.6 Å². The Balaban J connectivity index is 2.05. The lowest BCUT2D eigenvalue weighted by atomic mass is 9.96. The van der Waals surface area contributed by atoms with Gasteiger partial charge in [0.25, 0.3) is 0 Å². The van der Waals surface area contributed by atoms with Crippen molar-refractivity contribution in [3.63, 3.8) is 0 Å². The predicted octanol–water partition coefficient (Wildman–Crippen LogP) is 1.89. The van der Waals surface area contributed by atoms with Gasteiger partial charge in [-0.15, -0.1) is 0 Å². The van der Waals surface area contributed by atoms with Gasteiger partial charge in [0.05, 0.1) is 31.6 Å². The molecule has 2 aromatic carbocycles. The minimum atomic E-state index is -3.86. The molecule has 0 saturated carbocycles. The van der Waals surface area contributed by atoms with Crippen LogP contribution in [0, 0.1) is 0 Å². The monoisotopic (exact) mass is 505 g/mol. The molecule has 1 N–H and O–H groups in total. The van der Waals surface area contributed by atoms with Crippen molar-refractivity contribution in [1.29, 1.82) is 0 Å².